The largest absolute Gasteiger partial charge is 0.377 e. The van der Waals surface area contributed by atoms with E-state index < -0.39 is 0 Å². The first-order valence-corrected chi connectivity index (χ1v) is 5.11. The van der Waals surface area contributed by atoms with Gasteiger partial charge in [-0.25, -0.2) is 0 Å². The molecule has 0 N–H and O–H groups in total. The number of halogens is 2. The minimum atomic E-state index is 1.14. The lowest BCUT2D eigenvalue weighted by Gasteiger charge is -2.14. The molecule has 1 nitrogen and oxygen atoms in total. The average Bonchev–Trinajstić information content (AvgIpc) is 1.94. The van der Waals surface area contributed by atoms with Crippen molar-refractivity contribution in [1.29, 1.82) is 0 Å². The van der Waals surface area contributed by atoms with Crippen molar-refractivity contribution in [3.8, 4) is 0 Å². The van der Waals surface area contributed by atoms with Gasteiger partial charge >= 0.3 is 0 Å². The molecule has 0 bridgehead atoms. The van der Waals surface area contributed by atoms with Crippen LogP contribution in [0.1, 0.15) is 0 Å². The summed E-state index contributed by atoms with van der Waals surface area (Å²) in [6.45, 7) is 0. The molecule has 0 aromatic heterocycles. The van der Waals surface area contributed by atoms with Crippen molar-refractivity contribution < 1.29 is 0 Å². The molecule has 1 aromatic rings. The number of hydrogen-bond donors (Lipinski definition) is 0. The van der Waals surface area contributed by atoms with Crippen LogP contribution in [0.25, 0.3) is 0 Å². The Morgan fingerprint density at radius 1 is 1.36 bits per heavy atom. The summed E-state index contributed by atoms with van der Waals surface area (Å²) in [7, 11) is 4.08. The smallest absolute Gasteiger partial charge is 0.0516 e. The van der Waals surface area contributed by atoms with Crippen molar-refractivity contribution in [2.75, 3.05) is 19.0 Å². The minimum absolute atomic E-state index is 1.14. The topological polar surface area (TPSA) is 3.24 Å². The van der Waals surface area contributed by atoms with Gasteiger partial charge in [0.25, 0.3) is 0 Å². The number of anilines is 1. The van der Waals surface area contributed by atoms with Gasteiger partial charge in [-0.2, -0.15) is 0 Å². The van der Waals surface area contributed by atoms with Crippen molar-refractivity contribution in [3.05, 3.63) is 26.2 Å². The highest BCUT2D eigenvalue weighted by Gasteiger charge is 2.00. The molecule has 0 aliphatic carbocycles. The van der Waals surface area contributed by atoms with Crippen molar-refractivity contribution in [1.82, 2.24) is 0 Å². The first-order chi connectivity index (χ1) is 5.11. The number of rotatable bonds is 1. The van der Waals surface area contributed by atoms with Crippen LogP contribution in [-0.2, 0) is 0 Å². The van der Waals surface area contributed by atoms with E-state index in [2.05, 4.69) is 61.6 Å². The molecule has 0 aliphatic heterocycles. The summed E-state index contributed by atoms with van der Waals surface area (Å²) in [5.74, 6) is 0. The molecule has 0 saturated carbocycles. The molecule has 1 aromatic carbocycles. The summed E-state index contributed by atoms with van der Waals surface area (Å²) < 4.78 is 2.40. The van der Waals surface area contributed by atoms with Gasteiger partial charge in [0.15, 0.2) is 0 Å². The van der Waals surface area contributed by atoms with Gasteiger partial charge in [0.2, 0.25) is 0 Å². The quantitative estimate of drug-likeness (QED) is 0.717. The third kappa shape index (κ3) is 2.33. The molecule has 11 heavy (non-hydrogen) atoms. The highest BCUT2D eigenvalue weighted by atomic mass is 127. The molecular formula is C8H9BrIN. The van der Waals surface area contributed by atoms with E-state index in [1.807, 2.05) is 14.1 Å². The molecular weight excluding hydrogens is 317 g/mol. The SMILES string of the molecule is CN(C)c1cc(I)ccc1Br. The zero-order valence-electron chi connectivity index (χ0n) is 6.44. The highest BCUT2D eigenvalue weighted by Crippen LogP contribution is 2.26. The van der Waals surface area contributed by atoms with Crippen LogP contribution in [-0.4, -0.2) is 14.1 Å². The Balaban J connectivity index is 3.13. The maximum Gasteiger partial charge on any atom is 0.0516 e. The van der Waals surface area contributed by atoms with Gasteiger partial charge in [0, 0.05) is 22.1 Å². The molecule has 60 valence electrons. The maximum absolute atomic E-state index is 3.49. The fraction of sp³-hybridized carbons (Fsp3) is 0.250. The van der Waals surface area contributed by atoms with E-state index in [0.717, 1.165) is 4.47 Å². The zero-order valence-corrected chi connectivity index (χ0v) is 10.2. The fourth-order valence-corrected chi connectivity index (χ4v) is 1.90. The Kier molecular flexibility index (Phi) is 3.18. The second-order valence-electron chi connectivity index (χ2n) is 2.49. The third-order valence-electron chi connectivity index (χ3n) is 1.39. The van der Waals surface area contributed by atoms with Crippen LogP contribution in [0.3, 0.4) is 0 Å². The summed E-state index contributed by atoms with van der Waals surface area (Å²) in [6, 6.07) is 6.29. The van der Waals surface area contributed by atoms with Crippen molar-refractivity contribution in [2.24, 2.45) is 0 Å². The molecule has 0 amide bonds. The van der Waals surface area contributed by atoms with Crippen molar-refractivity contribution in [3.63, 3.8) is 0 Å². The second-order valence-corrected chi connectivity index (χ2v) is 4.59. The maximum atomic E-state index is 3.49. The van der Waals surface area contributed by atoms with Gasteiger partial charge < -0.3 is 4.90 Å². The second kappa shape index (κ2) is 3.76. The Labute approximate surface area is 89.1 Å². The van der Waals surface area contributed by atoms with Gasteiger partial charge in [-0.3, -0.25) is 0 Å². The Hall–Kier alpha value is 0.230. The van der Waals surface area contributed by atoms with Crippen LogP contribution >= 0.6 is 38.5 Å². The van der Waals surface area contributed by atoms with E-state index in [9.17, 15) is 0 Å². The molecule has 0 fully saturated rings. The molecule has 0 saturated heterocycles. The third-order valence-corrected chi connectivity index (χ3v) is 2.73. The zero-order chi connectivity index (χ0) is 8.43. The number of benzene rings is 1. The molecule has 1 rings (SSSR count). The normalized spacial score (nSPS) is 9.82. The molecule has 3 heteroatoms. The van der Waals surface area contributed by atoms with E-state index in [1.54, 1.807) is 0 Å². The van der Waals surface area contributed by atoms with Crippen LogP contribution in [0.4, 0.5) is 5.69 Å². The number of hydrogen-bond acceptors (Lipinski definition) is 1. The standard InChI is InChI=1S/C8H9BrIN/c1-11(2)8-5-6(10)3-4-7(8)9/h3-5H,1-2H3. The molecule has 0 heterocycles. The van der Waals surface area contributed by atoms with Crippen LogP contribution < -0.4 is 4.90 Å². The summed E-state index contributed by atoms with van der Waals surface area (Å²) in [6.07, 6.45) is 0. The van der Waals surface area contributed by atoms with E-state index in [1.165, 1.54) is 9.26 Å². The fourth-order valence-electron chi connectivity index (χ4n) is 0.829. The molecule has 0 spiro atoms. The molecule has 0 atom stereocenters. The van der Waals surface area contributed by atoms with E-state index >= 15 is 0 Å². The summed E-state index contributed by atoms with van der Waals surface area (Å²) in [5.41, 5.74) is 1.22. The number of nitrogens with zero attached hydrogens (tertiary/aromatic N) is 1. The first-order valence-electron chi connectivity index (χ1n) is 3.23. The van der Waals surface area contributed by atoms with Gasteiger partial charge in [0.1, 0.15) is 0 Å². The summed E-state index contributed by atoms with van der Waals surface area (Å²) >= 11 is 5.79. The Morgan fingerprint density at radius 2 is 2.00 bits per heavy atom. The van der Waals surface area contributed by atoms with Gasteiger partial charge in [-0.1, -0.05) is 0 Å². The Bertz CT molecular complexity index is 260. The van der Waals surface area contributed by atoms with Crippen LogP contribution in [0.15, 0.2) is 22.7 Å². The average molecular weight is 326 g/mol. The monoisotopic (exact) mass is 325 g/mol. The lowest BCUT2D eigenvalue weighted by molar-refractivity contribution is 1.12. The van der Waals surface area contributed by atoms with Gasteiger partial charge in [-0.15, -0.1) is 0 Å². The van der Waals surface area contributed by atoms with E-state index in [-0.39, 0.29) is 0 Å². The molecule has 0 radical (unpaired) electrons. The predicted octanol–water partition coefficient (Wildman–Crippen LogP) is 3.12. The lowest BCUT2D eigenvalue weighted by atomic mass is 10.3. The van der Waals surface area contributed by atoms with Crippen molar-refractivity contribution in [2.45, 2.75) is 0 Å². The van der Waals surface area contributed by atoms with Gasteiger partial charge in [-0.05, 0) is 56.7 Å². The van der Waals surface area contributed by atoms with Crippen molar-refractivity contribution >= 4 is 44.2 Å². The summed E-state index contributed by atoms with van der Waals surface area (Å²) in [5, 5.41) is 0. The first kappa shape index (κ1) is 9.32. The van der Waals surface area contributed by atoms with E-state index in [4.69, 9.17) is 0 Å². The van der Waals surface area contributed by atoms with Crippen LogP contribution in [0.5, 0.6) is 0 Å². The molecule has 0 aliphatic rings. The highest BCUT2D eigenvalue weighted by molar-refractivity contribution is 14.1. The summed E-state index contributed by atoms with van der Waals surface area (Å²) in [4.78, 5) is 2.09. The van der Waals surface area contributed by atoms with Crippen LogP contribution in [0.2, 0.25) is 0 Å². The minimum Gasteiger partial charge on any atom is -0.377 e. The van der Waals surface area contributed by atoms with Crippen LogP contribution in [0, 0.1) is 3.57 Å². The Morgan fingerprint density at radius 3 is 2.45 bits per heavy atom. The van der Waals surface area contributed by atoms with E-state index in [0.29, 0.717) is 0 Å². The predicted molar refractivity (Wildman–Crippen MR) is 61.2 cm³/mol. The lowest BCUT2D eigenvalue weighted by Crippen LogP contribution is -2.09. The van der Waals surface area contributed by atoms with Gasteiger partial charge in [0.05, 0.1) is 5.69 Å². The molecule has 0 unspecified atom stereocenters.